The van der Waals surface area contributed by atoms with E-state index in [0.717, 1.165) is 12.8 Å². The molecule has 0 heterocycles. The van der Waals surface area contributed by atoms with Crippen LogP contribution >= 0.6 is 23.2 Å². The third-order valence-corrected chi connectivity index (χ3v) is 4.46. The zero-order valence-corrected chi connectivity index (χ0v) is 16.3. The number of nitrogens with one attached hydrogen (secondary N) is 1. The number of benzene rings is 2. The summed E-state index contributed by atoms with van der Waals surface area (Å²) in [6.45, 7) is 4.27. The summed E-state index contributed by atoms with van der Waals surface area (Å²) < 4.78 is 5.48. The molecular formula is C20H22Cl2N2O2. The lowest BCUT2D eigenvalue weighted by atomic mass is 9.97. The van der Waals surface area contributed by atoms with E-state index in [1.165, 1.54) is 11.8 Å². The molecule has 6 heteroatoms. The van der Waals surface area contributed by atoms with Crippen molar-refractivity contribution in [2.45, 2.75) is 32.6 Å². The number of hydrogen-bond donors (Lipinski definition) is 1. The molecule has 138 valence electrons. The third kappa shape index (κ3) is 6.36. The predicted octanol–water partition coefficient (Wildman–Crippen LogP) is 5.43. The second kappa shape index (κ2) is 10.2. The summed E-state index contributed by atoms with van der Waals surface area (Å²) in [6, 6.07) is 12.9. The Bertz CT molecular complexity index is 761. The van der Waals surface area contributed by atoms with Crippen molar-refractivity contribution < 1.29 is 9.53 Å². The third-order valence-electron chi connectivity index (χ3n) is 3.90. The van der Waals surface area contributed by atoms with E-state index >= 15 is 0 Å². The molecule has 0 aliphatic heterocycles. The number of hydrogen-bond acceptors (Lipinski definition) is 3. The molecule has 0 bridgehead atoms. The number of ether oxygens (including phenoxy) is 1. The van der Waals surface area contributed by atoms with Gasteiger partial charge in [-0.2, -0.15) is 5.10 Å². The fourth-order valence-corrected chi connectivity index (χ4v) is 2.91. The second-order valence-electron chi connectivity index (χ2n) is 6.01. The van der Waals surface area contributed by atoms with Crippen molar-refractivity contribution in [3.8, 4) is 5.75 Å². The molecule has 0 fully saturated rings. The van der Waals surface area contributed by atoms with E-state index in [9.17, 15) is 4.79 Å². The summed E-state index contributed by atoms with van der Waals surface area (Å²) in [6.07, 6.45) is 3.76. The average Bonchev–Trinajstić information content (AvgIpc) is 2.62. The number of carbonyl (C=O) groups excluding carboxylic acids is 1. The van der Waals surface area contributed by atoms with Gasteiger partial charge in [-0.25, -0.2) is 5.43 Å². The Balaban J connectivity index is 1.80. The van der Waals surface area contributed by atoms with Crippen molar-refractivity contribution in [1.82, 2.24) is 5.43 Å². The van der Waals surface area contributed by atoms with Gasteiger partial charge in [-0.05, 0) is 42.2 Å². The first-order valence-corrected chi connectivity index (χ1v) is 9.25. The highest BCUT2D eigenvalue weighted by molar-refractivity contribution is 6.36. The van der Waals surface area contributed by atoms with Gasteiger partial charge in [-0.3, -0.25) is 4.79 Å². The molecule has 1 atom stereocenters. The number of amides is 1. The number of carbonyl (C=O) groups is 1. The Kier molecular flexibility index (Phi) is 7.95. The minimum Gasteiger partial charge on any atom is -0.484 e. The first-order valence-electron chi connectivity index (χ1n) is 8.49. The van der Waals surface area contributed by atoms with Crippen LogP contribution in [0.5, 0.6) is 5.75 Å². The summed E-state index contributed by atoms with van der Waals surface area (Å²) in [4.78, 5) is 11.8. The summed E-state index contributed by atoms with van der Waals surface area (Å²) >= 11 is 11.9. The maximum atomic E-state index is 11.8. The molecule has 1 N–H and O–H groups in total. The van der Waals surface area contributed by atoms with E-state index in [1.807, 2.05) is 24.3 Å². The average molecular weight is 393 g/mol. The number of nitrogens with zero attached hydrogens (tertiary/aromatic N) is 1. The summed E-state index contributed by atoms with van der Waals surface area (Å²) in [7, 11) is 0. The molecule has 0 radical (unpaired) electrons. The molecule has 4 nitrogen and oxygen atoms in total. The van der Waals surface area contributed by atoms with Gasteiger partial charge in [0, 0.05) is 10.6 Å². The number of halogens is 2. The predicted molar refractivity (Wildman–Crippen MR) is 107 cm³/mol. The molecule has 2 aromatic rings. The SMILES string of the molecule is CCCC(C)c1ccc(OCC(=O)N/N=C/c2ccc(Cl)cc2Cl)cc1. The molecule has 1 amide bonds. The van der Waals surface area contributed by atoms with Crippen LogP contribution < -0.4 is 10.2 Å². The van der Waals surface area contributed by atoms with Crippen LogP contribution in [0.3, 0.4) is 0 Å². The minimum absolute atomic E-state index is 0.116. The van der Waals surface area contributed by atoms with E-state index in [4.69, 9.17) is 27.9 Å². The highest BCUT2D eigenvalue weighted by Crippen LogP contribution is 2.23. The molecular weight excluding hydrogens is 371 g/mol. The standard InChI is InChI=1S/C20H22Cl2N2O2/c1-3-4-14(2)15-6-9-18(10-7-15)26-13-20(25)24-23-12-16-5-8-17(21)11-19(16)22/h5-12,14H,3-4,13H2,1-2H3,(H,24,25)/b23-12+. The number of rotatable bonds is 8. The van der Waals surface area contributed by atoms with Gasteiger partial charge in [0.15, 0.2) is 6.61 Å². The van der Waals surface area contributed by atoms with Gasteiger partial charge in [0.2, 0.25) is 0 Å². The Hall–Kier alpha value is -2.04. The zero-order chi connectivity index (χ0) is 18.9. The fraction of sp³-hybridized carbons (Fsp3) is 0.300. The lowest BCUT2D eigenvalue weighted by molar-refractivity contribution is -0.123. The van der Waals surface area contributed by atoms with Crippen LogP contribution in [0.4, 0.5) is 0 Å². The van der Waals surface area contributed by atoms with Gasteiger partial charge in [-0.15, -0.1) is 0 Å². The highest BCUT2D eigenvalue weighted by Gasteiger charge is 2.06. The Labute approximate surface area is 164 Å². The van der Waals surface area contributed by atoms with Crippen LogP contribution in [0.2, 0.25) is 10.0 Å². The molecule has 1 unspecified atom stereocenters. The van der Waals surface area contributed by atoms with Crippen LogP contribution in [0.15, 0.2) is 47.6 Å². The molecule has 0 spiro atoms. The van der Waals surface area contributed by atoms with Crippen molar-refractivity contribution in [3.63, 3.8) is 0 Å². The van der Waals surface area contributed by atoms with Crippen LogP contribution in [-0.2, 0) is 4.79 Å². The van der Waals surface area contributed by atoms with Crippen molar-refractivity contribution in [3.05, 3.63) is 63.6 Å². The van der Waals surface area contributed by atoms with E-state index < -0.39 is 0 Å². The molecule has 2 rings (SSSR count). The topological polar surface area (TPSA) is 50.7 Å². The highest BCUT2D eigenvalue weighted by atomic mass is 35.5. The maximum Gasteiger partial charge on any atom is 0.277 e. The van der Waals surface area contributed by atoms with Crippen molar-refractivity contribution >= 4 is 35.3 Å². The first-order chi connectivity index (χ1) is 12.5. The quantitative estimate of drug-likeness (QED) is 0.481. The normalized spacial score (nSPS) is 12.2. The first kappa shape index (κ1) is 20.3. The van der Waals surface area contributed by atoms with E-state index in [1.54, 1.807) is 18.2 Å². The Morgan fingerprint density at radius 3 is 2.62 bits per heavy atom. The van der Waals surface area contributed by atoms with Crippen LogP contribution in [0.25, 0.3) is 0 Å². The molecule has 0 aromatic heterocycles. The van der Waals surface area contributed by atoms with Gasteiger partial charge >= 0.3 is 0 Å². The maximum absolute atomic E-state index is 11.8. The summed E-state index contributed by atoms with van der Waals surface area (Å²) in [5.41, 5.74) is 4.34. The minimum atomic E-state index is -0.352. The molecule has 26 heavy (non-hydrogen) atoms. The molecule has 0 aliphatic rings. The smallest absolute Gasteiger partial charge is 0.277 e. The van der Waals surface area contributed by atoms with Crippen LogP contribution in [0, 0.1) is 0 Å². The molecule has 0 saturated heterocycles. The van der Waals surface area contributed by atoms with E-state index in [-0.39, 0.29) is 12.5 Å². The largest absolute Gasteiger partial charge is 0.484 e. The van der Waals surface area contributed by atoms with Crippen LogP contribution in [-0.4, -0.2) is 18.7 Å². The van der Waals surface area contributed by atoms with E-state index in [2.05, 4.69) is 24.4 Å². The van der Waals surface area contributed by atoms with Gasteiger partial charge < -0.3 is 4.74 Å². The Morgan fingerprint density at radius 1 is 1.23 bits per heavy atom. The fourth-order valence-electron chi connectivity index (χ4n) is 2.45. The molecule has 0 saturated carbocycles. The molecule has 2 aromatic carbocycles. The van der Waals surface area contributed by atoms with Crippen molar-refractivity contribution in [2.75, 3.05) is 6.61 Å². The summed E-state index contributed by atoms with van der Waals surface area (Å²) in [5, 5.41) is 4.87. The van der Waals surface area contributed by atoms with Crippen molar-refractivity contribution in [2.24, 2.45) is 5.10 Å². The van der Waals surface area contributed by atoms with E-state index in [0.29, 0.717) is 27.3 Å². The zero-order valence-electron chi connectivity index (χ0n) is 14.8. The Morgan fingerprint density at radius 2 is 1.96 bits per heavy atom. The monoisotopic (exact) mass is 392 g/mol. The van der Waals surface area contributed by atoms with Gasteiger partial charge in [0.1, 0.15) is 5.75 Å². The van der Waals surface area contributed by atoms with Gasteiger partial charge in [0.05, 0.1) is 11.2 Å². The number of hydrazone groups is 1. The second-order valence-corrected chi connectivity index (χ2v) is 6.85. The lowest BCUT2D eigenvalue weighted by Crippen LogP contribution is -2.24. The van der Waals surface area contributed by atoms with Gasteiger partial charge in [-0.1, -0.05) is 61.7 Å². The van der Waals surface area contributed by atoms with Gasteiger partial charge in [0.25, 0.3) is 5.91 Å². The molecule has 0 aliphatic carbocycles. The summed E-state index contributed by atoms with van der Waals surface area (Å²) in [5.74, 6) is 0.818. The van der Waals surface area contributed by atoms with Crippen LogP contribution in [0.1, 0.15) is 43.7 Å². The van der Waals surface area contributed by atoms with Crippen molar-refractivity contribution in [1.29, 1.82) is 0 Å². The lowest BCUT2D eigenvalue weighted by Gasteiger charge is -2.11.